The van der Waals surface area contributed by atoms with E-state index in [2.05, 4.69) is 10.2 Å². The molecule has 2 aromatic rings. The van der Waals surface area contributed by atoms with Gasteiger partial charge in [0.05, 0.1) is 17.5 Å². The van der Waals surface area contributed by atoms with Gasteiger partial charge >= 0.3 is 5.97 Å². The van der Waals surface area contributed by atoms with Crippen LogP contribution in [0.4, 0.5) is 5.69 Å². The molecule has 3 N–H and O–H groups in total. The number of carboxylic acids is 1. The Bertz CT molecular complexity index is 958. The number of imide groups is 1. The fourth-order valence-electron chi connectivity index (χ4n) is 2.58. The van der Waals surface area contributed by atoms with Crippen molar-refractivity contribution >= 4 is 46.6 Å². The van der Waals surface area contributed by atoms with Crippen LogP contribution in [0.2, 0.25) is 0 Å². The van der Waals surface area contributed by atoms with Crippen molar-refractivity contribution in [2.24, 2.45) is 15.9 Å². The van der Waals surface area contributed by atoms with Crippen LogP contribution in [0.1, 0.15) is 22.3 Å². The molecule has 1 atom stereocenters. The van der Waals surface area contributed by atoms with Crippen LogP contribution in [0.15, 0.2) is 64.8 Å². The molecule has 3 rings (SSSR count). The molecule has 1 aliphatic rings. The van der Waals surface area contributed by atoms with Crippen molar-refractivity contribution in [2.45, 2.75) is 11.7 Å². The van der Waals surface area contributed by atoms with E-state index in [0.29, 0.717) is 5.69 Å². The third-order valence-electron chi connectivity index (χ3n) is 3.90. The first kappa shape index (κ1) is 19.3. The molecule has 0 bridgehead atoms. The summed E-state index contributed by atoms with van der Waals surface area (Å²) < 4.78 is 0. The summed E-state index contributed by atoms with van der Waals surface area (Å²) in [6.07, 6.45) is 1.51. The number of rotatable bonds is 5. The summed E-state index contributed by atoms with van der Waals surface area (Å²) in [6.45, 7) is 0. The number of carboxylic acid groups (broad SMARTS) is 1. The van der Waals surface area contributed by atoms with Crippen molar-refractivity contribution in [2.75, 3.05) is 4.90 Å². The number of amides is 2. The molecule has 142 valence electrons. The van der Waals surface area contributed by atoms with Crippen LogP contribution >= 0.6 is 11.8 Å². The van der Waals surface area contributed by atoms with Crippen LogP contribution in [0.3, 0.4) is 0 Å². The smallest absolute Gasteiger partial charge is 0.335 e. The van der Waals surface area contributed by atoms with Gasteiger partial charge in [-0.15, -0.1) is 5.10 Å². The van der Waals surface area contributed by atoms with Crippen molar-refractivity contribution in [1.29, 1.82) is 0 Å². The van der Waals surface area contributed by atoms with E-state index in [4.69, 9.17) is 10.8 Å². The number of benzene rings is 2. The maximum atomic E-state index is 12.6. The Hall–Kier alpha value is -3.46. The van der Waals surface area contributed by atoms with E-state index in [9.17, 15) is 14.4 Å². The highest BCUT2D eigenvalue weighted by Gasteiger charge is 2.40. The Balaban J connectivity index is 1.66. The molecule has 9 heteroatoms. The second kappa shape index (κ2) is 8.49. The summed E-state index contributed by atoms with van der Waals surface area (Å²) in [4.78, 5) is 36.8. The minimum atomic E-state index is -1.08. The SMILES string of the molecule is NC(=N/N=C\c1ccccc1)S[C@@H]1CC(=O)N(c2ccc(C(=O)O)cc2)C1=O. The zero-order chi connectivity index (χ0) is 20.1. The first-order chi connectivity index (χ1) is 13.5. The van der Waals surface area contributed by atoms with Gasteiger partial charge in [-0.2, -0.15) is 5.10 Å². The number of anilines is 1. The Kier molecular flexibility index (Phi) is 5.85. The zero-order valence-corrected chi connectivity index (χ0v) is 15.4. The summed E-state index contributed by atoms with van der Waals surface area (Å²) in [5, 5.41) is 16.0. The molecule has 2 amide bonds. The number of hydrogen-bond acceptors (Lipinski definition) is 6. The van der Waals surface area contributed by atoms with E-state index in [0.717, 1.165) is 22.2 Å². The van der Waals surface area contributed by atoms with Crippen molar-refractivity contribution < 1.29 is 19.5 Å². The molecule has 8 nitrogen and oxygen atoms in total. The zero-order valence-electron chi connectivity index (χ0n) is 14.6. The molecule has 28 heavy (non-hydrogen) atoms. The number of nitrogens with zero attached hydrogens (tertiary/aromatic N) is 3. The average molecular weight is 396 g/mol. The predicted molar refractivity (Wildman–Crippen MR) is 108 cm³/mol. The van der Waals surface area contributed by atoms with Crippen LogP contribution in [0, 0.1) is 0 Å². The van der Waals surface area contributed by atoms with Gasteiger partial charge in [-0.3, -0.25) is 9.59 Å². The van der Waals surface area contributed by atoms with E-state index in [1.165, 1.54) is 30.5 Å². The minimum Gasteiger partial charge on any atom is -0.478 e. The largest absolute Gasteiger partial charge is 0.478 e. The Morgan fingerprint density at radius 1 is 1.14 bits per heavy atom. The van der Waals surface area contributed by atoms with Crippen molar-refractivity contribution in [3.8, 4) is 0 Å². The molecule has 0 saturated carbocycles. The molecule has 0 spiro atoms. The monoisotopic (exact) mass is 396 g/mol. The molecular weight excluding hydrogens is 380 g/mol. The molecular formula is C19H16N4O4S. The van der Waals surface area contributed by atoms with Gasteiger partial charge in [0.15, 0.2) is 5.17 Å². The van der Waals surface area contributed by atoms with Gasteiger partial charge in [-0.25, -0.2) is 9.69 Å². The van der Waals surface area contributed by atoms with E-state index >= 15 is 0 Å². The molecule has 1 saturated heterocycles. The van der Waals surface area contributed by atoms with Gasteiger partial charge in [0.2, 0.25) is 11.8 Å². The first-order valence-corrected chi connectivity index (χ1v) is 9.12. The van der Waals surface area contributed by atoms with E-state index < -0.39 is 17.1 Å². The summed E-state index contributed by atoms with van der Waals surface area (Å²) in [6, 6.07) is 14.9. The Morgan fingerprint density at radius 2 is 1.82 bits per heavy atom. The second-order valence-corrected chi connectivity index (χ2v) is 7.05. The first-order valence-electron chi connectivity index (χ1n) is 8.24. The number of aromatic carboxylic acids is 1. The number of nitrogens with two attached hydrogens (primary N) is 1. The van der Waals surface area contributed by atoms with Crippen LogP contribution in [-0.4, -0.2) is 39.5 Å². The summed E-state index contributed by atoms with van der Waals surface area (Å²) in [7, 11) is 0. The molecule has 2 aromatic carbocycles. The van der Waals surface area contributed by atoms with Gasteiger partial charge in [0.1, 0.15) is 5.25 Å². The van der Waals surface area contributed by atoms with Crippen molar-refractivity contribution in [3.63, 3.8) is 0 Å². The molecule has 0 radical (unpaired) electrons. The summed E-state index contributed by atoms with van der Waals surface area (Å²) >= 11 is 0.969. The molecule has 0 unspecified atom stereocenters. The number of thioether (sulfide) groups is 1. The normalized spacial score (nSPS) is 17.5. The lowest BCUT2D eigenvalue weighted by Gasteiger charge is -2.14. The third-order valence-corrected chi connectivity index (χ3v) is 4.88. The van der Waals surface area contributed by atoms with Crippen molar-refractivity contribution in [1.82, 2.24) is 0 Å². The van der Waals surface area contributed by atoms with Crippen LogP contribution in [0.5, 0.6) is 0 Å². The predicted octanol–water partition coefficient (Wildman–Crippen LogP) is 2.10. The van der Waals surface area contributed by atoms with Gasteiger partial charge < -0.3 is 10.8 Å². The van der Waals surface area contributed by atoms with E-state index in [1.807, 2.05) is 30.3 Å². The lowest BCUT2D eigenvalue weighted by atomic mass is 10.2. The van der Waals surface area contributed by atoms with E-state index in [1.54, 1.807) is 0 Å². The number of carbonyl (C=O) groups is 3. The van der Waals surface area contributed by atoms with Gasteiger partial charge in [-0.1, -0.05) is 42.1 Å². The number of carbonyl (C=O) groups excluding carboxylic acids is 2. The standard InChI is InChI=1S/C19H16N4O4S/c20-19(22-21-11-12-4-2-1-3-5-12)28-15-10-16(24)23(17(15)25)14-8-6-13(7-9-14)18(26)27/h1-9,11,15H,10H2,(H2,20,22)(H,26,27)/b21-11-/t15-/m1/s1. The fraction of sp³-hybridized carbons (Fsp3) is 0.105. The molecule has 0 aromatic heterocycles. The second-order valence-electron chi connectivity index (χ2n) is 5.82. The molecule has 1 heterocycles. The molecule has 0 aliphatic carbocycles. The fourth-order valence-corrected chi connectivity index (χ4v) is 3.40. The van der Waals surface area contributed by atoms with Gasteiger partial charge in [0.25, 0.3) is 0 Å². The Morgan fingerprint density at radius 3 is 2.46 bits per heavy atom. The highest BCUT2D eigenvalue weighted by atomic mass is 32.2. The third kappa shape index (κ3) is 4.44. The quantitative estimate of drug-likeness (QED) is 0.345. The average Bonchev–Trinajstić information content (AvgIpc) is 2.96. The van der Waals surface area contributed by atoms with Crippen LogP contribution < -0.4 is 10.6 Å². The number of hydrogen-bond donors (Lipinski definition) is 2. The lowest BCUT2D eigenvalue weighted by molar-refractivity contribution is -0.121. The van der Waals surface area contributed by atoms with E-state index in [-0.39, 0.29) is 23.1 Å². The minimum absolute atomic E-state index is 0.0250. The highest BCUT2D eigenvalue weighted by molar-refractivity contribution is 8.14. The van der Waals surface area contributed by atoms with Crippen LogP contribution in [0.25, 0.3) is 0 Å². The number of amidine groups is 1. The van der Waals surface area contributed by atoms with Crippen LogP contribution in [-0.2, 0) is 9.59 Å². The molecule has 1 fully saturated rings. The van der Waals surface area contributed by atoms with Crippen molar-refractivity contribution in [3.05, 3.63) is 65.7 Å². The van der Waals surface area contributed by atoms with Gasteiger partial charge in [-0.05, 0) is 29.8 Å². The van der Waals surface area contributed by atoms with Gasteiger partial charge in [0, 0.05) is 6.42 Å². The maximum absolute atomic E-state index is 12.6. The maximum Gasteiger partial charge on any atom is 0.335 e. The topological polar surface area (TPSA) is 125 Å². The summed E-state index contributed by atoms with van der Waals surface area (Å²) in [5.41, 5.74) is 7.06. The molecule has 1 aliphatic heterocycles. The highest BCUT2D eigenvalue weighted by Crippen LogP contribution is 2.29. The summed E-state index contributed by atoms with van der Waals surface area (Å²) in [5.74, 6) is -1.89. The Labute approximate surface area is 164 Å². The lowest BCUT2D eigenvalue weighted by Crippen LogP contribution is -2.31.